The van der Waals surface area contributed by atoms with Gasteiger partial charge in [-0.2, -0.15) is 0 Å². The molecule has 6 saturated heterocycles. The maximum absolute atomic E-state index is 10.9. The van der Waals surface area contributed by atoms with Gasteiger partial charge in [-0.25, -0.2) is 0 Å². The second-order valence-corrected chi connectivity index (χ2v) is 11.4. The number of rotatable bonds is 0. The molecule has 0 radical (unpaired) electrons. The van der Waals surface area contributed by atoms with Crippen LogP contribution in [-0.2, 0) is 9.47 Å². The van der Waals surface area contributed by atoms with Crippen molar-refractivity contribution in [3.05, 3.63) is 0 Å². The molecule has 0 aromatic carbocycles. The van der Waals surface area contributed by atoms with Crippen LogP contribution in [-0.4, -0.2) is 52.7 Å². The smallest absolute Gasteiger partial charge is 0.162 e. The summed E-state index contributed by atoms with van der Waals surface area (Å²) in [6.07, 6.45) is 6.08. The zero-order valence-corrected chi connectivity index (χ0v) is 14.6. The van der Waals surface area contributed by atoms with E-state index >= 15 is 0 Å². The van der Waals surface area contributed by atoms with Crippen LogP contribution in [0.15, 0.2) is 0 Å². The van der Waals surface area contributed by atoms with Crippen molar-refractivity contribution in [3.8, 4) is 0 Å². The van der Waals surface area contributed by atoms with Crippen LogP contribution in [0, 0.1) is 34.0 Å². The number of aliphatic hydroxyl groups excluding tert-OH is 1. The van der Waals surface area contributed by atoms with Gasteiger partial charge in [-0.1, -0.05) is 6.92 Å². The minimum Gasteiger partial charge on any atom is -0.393 e. The monoisotopic (exact) mass is 329 g/mol. The predicted molar refractivity (Wildman–Crippen MR) is 85.0 cm³/mol. The fraction of sp³-hybridized carbons (Fsp3) is 1.00. The van der Waals surface area contributed by atoms with E-state index in [4.69, 9.17) is 9.47 Å². The topological polar surface area (TPSA) is 41.9 Å². The number of hydrogen-bond acceptors (Lipinski definition) is 4. The largest absolute Gasteiger partial charge is 0.393 e. The van der Waals surface area contributed by atoms with E-state index in [0.717, 1.165) is 31.2 Å². The third-order valence-electron chi connectivity index (χ3n) is 10.4. The molecule has 10 rings (SSSR count). The molecule has 10 fully saturated rings. The molecule has 0 aromatic rings. The van der Waals surface area contributed by atoms with Crippen LogP contribution >= 0.6 is 0 Å². The van der Waals surface area contributed by atoms with Gasteiger partial charge in [-0.05, 0) is 49.4 Å². The molecule has 0 amide bonds. The molecule has 13 unspecified atom stereocenters. The van der Waals surface area contributed by atoms with Gasteiger partial charge in [0.1, 0.15) is 0 Å². The van der Waals surface area contributed by atoms with Crippen molar-refractivity contribution in [2.75, 3.05) is 6.54 Å². The Morgan fingerprint density at radius 3 is 2.83 bits per heavy atom. The summed E-state index contributed by atoms with van der Waals surface area (Å²) in [6.45, 7) is 6.04. The fourth-order valence-corrected chi connectivity index (χ4v) is 11.1. The molecule has 24 heavy (non-hydrogen) atoms. The summed E-state index contributed by atoms with van der Waals surface area (Å²) in [5, 5.41) is 10.9. The van der Waals surface area contributed by atoms with E-state index < -0.39 is 0 Å². The number of nitrogens with zero attached hydrogens (tertiary/aromatic N) is 1. The second-order valence-electron chi connectivity index (χ2n) is 11.4. The number of aliphatic hydroxyl groups is 1. The van der Waals surface area contributed by atoms with E-state index in [9.17, 15) is 5.11 Å². The number of piperidine rings is 2. The van der Waals surface area contributed by atoms with Gasteiger partial charge < -0.3 is 14.6 Å². The highest BCUT2D eigenvalue weighted by atomic mass is 16.7. The van der Waals surface area contributed by atoms with Gasteiger partial charge in [0, 0.05) is 42.3 Å². The summed E-state index contributed by atoms with van der Waals surface area (Å²) in [5.41, 5.74) is 1.12. The normalized spacial score (nSPS) is 80.9. The molecule has 11 bridgehead atoms. The van der Waals surface area contributed by atoms with Crippen LogP contribution in [0.2, 0.25) is 0 Å². The fourth-order valence-electron chi connectivity index (χ4n) is 11.1. The van der Waals surface area contributed by atoms with Crippen molar-refractivity contribution in [1.82, 2.24) is 4.90 Å². The molecular formula is C20H27NO3. The Balaban J connectivity index is 1.44. The van der Waals surface area contributed by atoms with Gasteiger partial charge in [0.2, 0.25) is 0 Å². The van der Waals surface area contributed by atoms with Gasteiger partial charge in [-0.15, -0.1) is 0 Å². The Labute approximate surface area is 142 Å². The standard InChI is InChI=1S/C20H27NO3/c1-17-3-9(22)4-20-13(17)10-5-19-7-18(2)6-11(23-16(24-18)14(19)20)12(19)15(20)21(10)8-17/h9-16,22H,3-8H2,1-2H3. The summed E-state index contributed by atoms with van der Waals surface area (Å²) in [4.78, 5) is 2.92. The first kappa shape index (κ1) is 13.1. The van der Waals surface area contributed by atoms with Crippen molar-refractivity contribution in [3.63, 3.8) is 0 Å². The van der Waals surface area contributed by atoms with Gasteiger partial charge in [0.05, 0.1) is 17.8 Å². The van der Waals surface area contributed by atoms with Crippen molar-refractivity contribution in [1.29, 1.82) is 0 Å². The molecule has 0 aromatic heterocycles. The molecule has 13 atom stereocenters. The Kier molecular flexibility index (Phi) is 1.71. The zero-order valence-electron chi connectivity index (χ0n) is 14.6. The number of ether oxygens (including phenoxy) is 2. The molecule has 4 nitrogen and oxygen atoms in total. The summed E-state index contributed by atoms with van der Waals surface area (Å²) in [7, 11) is 0. The van der Waals surface area contributed by atoms with Gasteiger partial charge >= 0.3 is 0 Å². The van der Waals surface area contributed by atoms with Crippen molar-refractivity contribution in [2.45, 2.75) is 82.1 Å². The van der Waals surface area contributed by atoms with E-state index in [2.05, 4.69) is 18.7 Å². The summed E-state index contributed by atoms with van der Waals surface area (Å²) >= 11 is 0. The second kappa shape index (κ2) is 3.15. The molecule has 6 heterocycles. The molecule has 10 aliphatic rings. The van der Waals surface area contributed by atoms with Gasteiger partial charge in [-0.3, -0.25) is 4.90 Å². The lowest BCUT2D eigenvalue weighted by Crippen LogP contribution is -2.72. The predicted octanol–water partition coefficient (Wildman–Crippen LogP) is 1.76. The maximum Gasteiger partial charge on any atom is 0.162 e. The van der Waals surface area contributed by atoms with Crippen LogP contribution in [0.3, 0.4) is 0 Å². The Morgan fingerprint density at radius 2 is 1.96 bits per heavy atom. The Bertz CT molecular complexity index is 713. The summed E-state index contributed by atoms with van der Waals surface area (Å²) in [5.74, 6) is 2.04. The molecule has 6 aliphatic heterocycles. The summed E-state index contributed by atoms with van der Waals surface area (Å²) < 4.78 is 13.1. The highest BCUT2D eigenvalue weighted by Gasteiger charge is 2.91. The lowest BCUT2D eigenvalue weighted by molar-refractivity contribution is -0.407. The first-order valence-electron chi connectivity index (χ1n) is 10.2. The minimum atomic E-state index is -0.115. The highest BCUT2D eigenvalue weighted by molar-refractivity contribution is 5.39. The molecule has 4 saturated carbocycles. The minimum absolute atomic E-state index is 0.0137. The quantitative estimate of drug-likeness (QED) is 0.735. The first-order chi connectivity index (χ1) is 11.4. The number of hydrogen-bond donors (Lipinski definition) is 1. The summed E-state index contributed by atoms with van der Waals surface area (Å²) in [6, 6.07) is 1.47. The van der Waals surface area contributed by atoms with E-state index in [1.54, 1.807) is 0 Å². The van der Waals surface area contributed by atoms with Crippen LogP contribution in [0.4, 0.5) is 0 Å². The molecule has 4 aliphatic carbocycles. The molecule has 4 heteroatoms. The molecule has 130 valence electrons. The Morgan fingerprint density at radius 1 is 1.08 bits per heavy atom. The van der Waals surface area contributed by atoms with Gasteiger partial charge in [0.25, 0.3) is 0 Å². The van der Waals surface area contributed by atoms with E-state index in [0.29, 0.717) is 34.8 Å². The first-order valence-corrected chi connectivity index (χ1v) is 10.2. The lowest BCUT2D eigenvalue weighted by Gasteiger charge is -2.69. The lowest BCUT2D eigenvalue weighted by atomic mass is 9.42. The third kappa shape index (κ3) is 0.952. The van der Waals surface area contributed by atoms with Crippen LogP contribution in [0.5, 0.6) is 0 Å². The Hall–Kier alpha value is -0.160. The van der Waals surface area contributed by atoms with E-state index in [-0.39, 0.29) is 23.4 Å². The SMILES string of the molecule is CC12CC3OC(O1)C1C4(CC5C6C7(C)CC(O)CC61C(C34)N5C7)C2. The molecule has 2 spiro atoms. The zero-order chi connectivity index (χ0) is 15.9. The van der Waals surface area contributed by atoms with Gasteiger partial charge in [0.15, 0.2) is 6.29 Å². The van der Waals surface area contributed by atoms with E-state index in [1.807, 2.05) is 0 Å². The average molecular weight is 329 g/mol. The molecular weight excluding hydrogens is 302 g/mol. The van der Waals surface area contributed by atoms with Crippen LogP contribution < -0.4 is 0 Å². The van der Waals surface area contributed by atoms with E-state index in [1.165, 1.54) is 19.4 Å². The van der Waals surface area contributed by atoms with Crippen LogP contribution in [0.25, 0.3) is 0 Å². The van der Waals surface area contributed by atoms with Crippen molar-refractivity contribution < 1.29 is 14.6 Å². The van der Waals surface area contributed by atoms with Crippen molar-refractivity contribution in [2.24, 2.45) is 34.0 Å². The maximum atomic E-state index is 10.9. The highest BCUT2D eigenvalue weighted by Crippen LogP contribution is 2.87. The molecule has 1 N–H and O–H groups in total. The average Bonchev–Trinajstić information content (AvgIpc) is 2.86. The van der Waals surface area contributed by atoms with Crippen molar-refractivity contribution >= 4 is 0 Å². The third-order valence-corrected chi connectivity index (χ3v) is 10.4. The van der Waals surface area contributed by atoms with Crippen LogP contribution in [0.1, 0.15) is 46.0 Å².